The van der Waals surface area contributed by atoms with Gasteiger partial charge in [-0.05, 0) is 24.3 Å². The van der Waals surface area contributed by atoms with Gasteiger partial charge in [0, 0.05) is 24.8 Å². The second kappa shape index (κ2) is 8.19. The Labute approximate surface area is 170 Å². The molecule has 1 aromatic carbocycles. The van der Waals surface area contributed by atoms with E-state index in [2.05, 4.69) is 20.8 Å². The Balaban J connectivity index is 1.33. The molecule has 0 radical (unpaired) electrons. The summed E-state index contributed by atoms with van der Waals surface area (Å²) in [4.78, 5) is 33.0. The Morgan fingerprint density at radius 1 is 1.07 bits per heavy atom. The van der Waals surface area contributed by atoms with Gasteiger partial charge in [0.1, 0.15) is 11.5 Å². The topological polar surface area (TPSA) is 102 Å². The van der Waals surface area contributed by atoms with Crippen LogP contribution in [0.4, 0.5) is 0 Å². The van der Waals surface area contributed by atoms with Crippen molar-refractivity contribution in [2.24, 2.45) is 7.05 Å². The van der Waals surface area contributed by atoms with Gasteiger partial charge >= 0.3 is 5.91 Å². The molecule has 0 bridgehead atoms. The fourth-order valence-corrected chi connectivity index (χ4v) is 3.46. The summed E-state index contributed by atoms with van der Waals surface area (Å²) in [6.45, 7) is 0. The maximum absolute atomic E-state index is 12.3. The standard InChI is InChI=1S/C20H17N5O3S/c1-25-11-10-21-20(25)29-12-14-7-9-17(28-14)19(27)24-23-18(26)16-8-6-13-4-2-3-5-15(13)22-16/h2-11H,12H2,1H3,(H,23,26)(H,24,27). The van der Waals surface area contributed by atoms with E-state index in [-0.39, 0.29) is 11.5 Å². The largest absolute Gasteiger partial charge is 0.455 e. The van der Waals surface area contributed by atoms with E-state index in [1.54, 1.807) is 30.5 Å². The summed E-state index contributed by atoms with van der Waals surface area (Å²) in [6.07, 6.45) is 3.58. The summed E-state index contributed by atoms with van der Waals surface area (Å²) in [7, 11) is 1.91. The van der Waals surface area contributed by atoms with Crippen LogP contribution in [-0.2, 0) is 12.8 Å². The van der Waals surface area contributed by atoms with Gasteiger partial charge in [-0.1, -0.05) is 36.0 Å². The number of aromatic nitrogens is 3. The lowest BCUT2D eigenvalue weighted by Crippen LogP contribution is -2.41. The molecule has 146 valence electrons. The number of nitrogens with zero attached hydrogens (tertiary/aromatic N) is 3. The van der Waals surface area contributed by atoms with E-state index in [0.29, 0.717) is 17.0 Å². The summed E-state index contributed by atoms with van der Waals surface area (Å²) in [5.74, 6) is 0.206. The molecule has 0 fully saturated rings. The molecule has 4 aromatic rings. The molecule has 3 heterocycles. The fourth-order valence-electron chi connectivity index (χ4n) is 2.64. The average molecular weight is 407 g/mol. The molecule has 8 nitrogen and oxygen atoms in total. The van der Waals surface area contributed by atoms with E-state index >= 15 is 0 Å². The first-order valence-corrected chi connectivity index (χ1v) is 9.74. The number of benzene rings is 1. The quantitative estimate of drug-likeness (QED) is 0.390. The van der Waals surface area contributed by atoms with Crippen LogP contribution in [-0.4, -0.2) is 26.3 Å². The second-order valence-electron chi connectivity index (χ2n) is 6.17. The van der Waals surface area contributed by atoms with Crippen molar-refractivity contribution >= 4 is 34.5 Å². The SMILES string of the molecule is Cn1ccnc1SCc1ccc(C(=O)NNC(=O)c2ccc3ccccc3n2)o1. The highest BCUT2D eigenvalue weighted by Crippen LogP contribution is 2.21. The monoisotopic (exact) mass is 407 g/mol. The predicted octanol–water partition coefficient (Wildman–Crippen LogP) is 2.93. The molecule has 0 aliphatic rings. The molecule has 9 heteroatoms. The van der Waals surface area contributed by atoms with Gasteiger partial charge in [0.25, 0.3) is 5.91 Å². The van der Waals surface area contributed by atoms with Crippen LogP contribution in [0, 0.1) is 0 Å². The predicted molar refractivity (Wildman–Crippen MR) is 108 cm³/mol. The third-order valence-electron chi connectivity index (χ3n) is 4.13. The molecule has 29 heavy (non-hydrogen) atoms. The summed E-state index contributed by atoms with van der Waals surface area (Å²) < 4.78 is 7.44. The van der Waals surface area contributed by atoms with Crippen molar-refractivity contribution in [3.05, 3.63) is 78.1 Å². The maximum atomic E-state index is 12.3. The van der Waals surface area contributed by atoms with Crippen molar-refractivity contribution < 1.29 is 14.0 Å². The van der Waals surface area contributed by atoms with Gasteiger partial charge in [0.2, 0.25) is 0 Å². The van der Waals surface area contributed by atoms with E-state index in [1.807, 2.05) is 42.1 Å². The summed E-state index contributed by atoms with van der Waals surface area (Å²) in [5, 5.41) is 1.78. The number of furan rings is 1. The summed E-state index contributed by atoms with van der Waals surface area (Å²) in [5.41, 5.74) is 5.60. The number of aryl methyl sites for hydroxylation is 1. The highest BCUT2D eigenvalue weighted by molar-refractivity contribution is 7.98. The molecule has 0 saturated heterocycles. The number of hydrogen-bond acceptors (Lipinski definition) is 6. The molecule has 0 saturated carbocycles. The van der Waals surface area contributed by atoms with E-state index in [9.17, 15) is 9.59 Å². The molecule has 0 unspecified atom stereocenters. The molecule has 3 aromatic heterocycles. The number of pyridine rings is 1. The van der Waals surface area contributed by atoms with Crippen molar-refractivity contribution in [1.82, 2.24) is 25.4 Å². The van der Waals surface area contributed by atoms with E-state index in [4.69, 9.17) is 4.42 Å². The van der Waals surface area contributed by atoms with Crippen LogP contribution in [0.15, 0.2) is 70.5 Å². The minimum absolute atomic E-state index is 0.104. The third-order valence-corrected chi connectivity index (χ3v) is 5.21. The highest BCUT2D eigenvalue weighted by Gasteiger charge is 2.14. The summed E-state index contributed by atoms with van der Waals surface area (Å²) in [6, 6.07) is 14.2. The maximum Gasteiger partial charge on any atom is 0.305 e. The number of imidazole rings is 1. The smallest absolute Gasteiger partial charge is 0.305 e. The molecule has 2 amide bonds. The van der Waals surface area contributed by atoms with Gasteiger partial charge in [-0.25, -0.2) is 9.97 Å². The molecule has 0 atom stereocenters. The molecular weight excluding hydrogens is 390 g/mol. The van der Waals surface area contributed by atoms with Crippen LogP contribution in [0.2, 0.25) is 0 Å². The zero-order valence-corrected chi connectivity index (χ0v) is 16.3. The molecule has 2 N–H and O–H groups in total. The van der Waals surface area contributed by atoms with Crippen LogP contribution >= 0.6 is 11.8 Å². The zero-order chi connectivity index (χ0) is 20.2. The van der Waals surface area contributed by atoms with Gasteiger partial charge in [0.15, 0.2) is 10.9 Å². The zero-order valence-electron chi connectivity index (χ0n) is 15.5. The van der Waals surface area contributed by atoms with Crippen LogP contribution in [0.3, 0.4) is 0 Å². The number of hydrazine groups is 1. The van der Waals surface area contributed by atoms with Gasteiger partial charge in [-0.15, -0.1) is 0 Å². The molecular formula is C20H17N5O3S. The van der Waals surface area contributed by atoms with Crippen LogP contribution in [0.5, 0.6) is 0 Å². The number of para-hydroxylation sites is 1. The van der Waals surface area contributed by atoms with Gasteiger partial charge in [-0.2, -0.15) is 0 Å². The number of carbonyl (C=O) groups is 2. The molecule has 0 aliphatic heterocycles. The Bertz CT molecular complexity index is 1180. The lowest BCUT2D eigenvalue weighted by molar-refractivity contribution is 0.0828. The third kappa shape index (κ3) is 4.30. The first-order valence-electron chi connectivity index (χ1n) is 8.75. The minimum atomic E-state index is -0.549. The molecule has 0 aliphatic carbocycles. The molecule has 0 spiro atoms. The van der Waals surface area contributed by atoms with Gasteiger partial charge < -0.3 is 8.98 Å². The van der Waals surface area contributed by atoms with Crippen LogP contribution in [0.1, 0.15) is 26.8 Å². The van der Waals surface area contributed by atoms with Crippen molar-refractivity contribution in [3.8, 4) is 0 Å². The lowest BCUT2D eigenvalue weighted by Gasteiger charge is -2.06. The fraction of sp³-hybridized carbons (Fsp3) is 0.100. The second-order valence-corrected chi connectivity index (χ2v) is 7.12. The number of hydrogen-bond donors (Lipinski definition) is 2. The normalized spacial score (nSPS) is 10.8. The number of fused-ring (bicyclic) bond motifs is 1. The van der Waals surface area contributed by atoms with Gasteiger partial charge in [0.05, 0.1) is 11.3 Å². The lowest BCUT2D eigenvalue weighted by atomic mass is 10.2. The van der Waals surface area contributed by atoms with Crippen LogP contribution in [0.25, 0.3) is 10.9 Å². The highest BCUT2D eigenvalue weighted by atomic mass is 32.2. The van der Waals surface area contributed by atoms with E-state index in [0.717, 1.165) is 10.5 Å². The van der Waals surface area contributed by atoms with E-state index < -0.39 is 11.8 Å². The number of thioether (sulfide) groups is 1. The minimum Gasteiger partial charge on any atom is -0.455 e. The Hall–Kier alpha value is -3.59. The van der Waals surface area contributed by atoms with Crippen molar-refractivity contribution in [1.29, 1.82) is 0 Å². The molecule has 4 rings (SSSR count). The van der Waals surface area contributed by atoms with Gasteiger partial charge in [-0.3, -0.25) is 20.4 Å². The number of carbonyl (C=O) groups excluding carboxylic acids is 2. The first-order chi connectivity index (χ1) is 14.1. The Morgan fingerprint density at radius 3 is 2.72 bits per heavy atom. The van der Waals surface area contributed by atoms with Crippen molar-refractivity contribution in [2.75, 3.05) is 0 Å². The number of rotatable bonds is 5. The van der Waals surface area contributed by atoms with Crippen LogP contribution < -0.4 is 10.9 Å². The Morgan fingerprint density at radius 2 is 1.90 bits per heavy atom. The average Bonchev–Trinajstić information content (AvgIpc) is 3.38. The Kier molecular flexibility index (Phi) is 5.30. The number of nitrogens with one attached hydrogen (secondary N) is 2. The van der Waals surface area contributed by atoms with E-state index in [1.165, 1.54) is 11.8 Å². The van der Waals surface area contributed by atoms with Crippen molar-refractivity contribution in [3.63, 3.8) is 0 Å². The first kappa shape index (κ1) is 18.8. The number of amides is 2. The van der Waals surface area contributed by atoms with Crippen molar-refractivity contribution in [2.45, 2.75) is 10.9 Å². The summed E-state index contributed by atoms with van der Waals surface area (Å²) >= 11 is 1.50.